The number of amides is 4. The first kappa shape index (κ1) is 38.2. The lowest BCUT2D eigenvalue weighted by Crippen LogP contribution is -2.66. The van der Waals surface area contributed by atoms with Crippen molar-refractivity contribution in [1.29, 1.82) is 0 Å². The smallest absolute Gasteiger partial charge is 0.410 e. The van der Waals surface area contributed by atoms with Gasteiger partial charge < -0.3 is 25.7 Å². The number of non-ortho nitro benzene ring substituents is 1. The van der Waals surface area contributed by atoms with Crippen LogP contribution in [0.1, 0.15) is 75.0 Å². The number of thiazole rings is 1. The van der Waals surface area contributed by atoms with E-state index in [-0.39, 0.29) is 24.0 Å². The summed E-state index contributed by atoms with van der Waals surface area (Å²) in [6.45, 7) is 11.7. The zero-order valence-corrected chi connectivity index (χ0v) is 29.6. The fourth-order valence-corrected chi connectivity index (χ4v) is 6.19. The van der Waals surface area contributed by atoms with Crippen molar-refractivity contribution in [3.05, 3.63) is 80.3 Å². The van der Waals surface area contributed by atoms with E-state index >= 15 is 0 Å². The molecule has 0 aliphatic heterocycles. The largest absolute Gasteiger partial charge is 0.465 e. The van der Waals surface area contributed by atoms with Gasteiger partial charge in [-0.1, -0.05) is 23.5 Å². The number of hydrogen-bond acceptors (Lipinski definition) is 9. The van der Waals surface area contributed by atoms with Gasteiger partial charge in [0, 0.05) is 53.3 Å². The molecule has 0 aliphatic carbocycles. The zero-order valence-electron chi connectivity index (χ0n) is 28.8. The number of rotatable bonds is 12. The molecule has 3 aromatic rings. The summed E-state index contributed by atoms with van der Waals surface area (Å²) in [6, 6.07) is 12.5. The van der Waals surface area contributed by atoms with E-state index in [1.165, 1.54) is 47.4 Å². The Morgan fingerprint density at radius 3 is 1.88 bits per heavy atom. The highest BCUT2D eigenvalue weighted by Crippen LogP contribution is 2.29. The standard InChI is InChI=1S/C33H43N7O8S/c1-20(41)34-28-36-25(26(49-28)19-37(8)27(42)22-12-16-24(17-13-22)40(47)48)18-11-21-9-14-23(15-10-21)35-29(38(30(43)44)32(2,3)4)39(31(45)46)33(5,6)7/h9-10,12-17,29,35H,11,18-19H2,1-8H3,(H,43,44)(H,45,46)(H,34,36,41). The maximum Gasteiger partial charge on any atom is 0.410 e. The van der Waals surface area contributed by atoms with Crippen molar-refractivity contribution < 1.29 is 34.3 Å². The van der Waals surface area contributed by atoms with E-state index in [0.29, 0.717) is 34.9 Å². The Balaban J connectivity index is 1.82. The number of aromatic nitrogens is 1. The van der Waals surface area contributed by atoms with Gasteiger partial charge in [0.1, 0.15) is 0 Å². The fourth-order valence-electron chi connectivity index (χ4n) is 5.08. The number of benzene rings is 2. The molecule has 4 amide bonds. The number of anilines is 2. The third-order valence-electron chi connectivity index (χ3n) is 7.36. The molecule has 49 heavy (non-hydrogen) atoms. The number of nitro benzene ring substituents is 1. The second-order valence-corrected chi connectivity index (χ2v) is 14.5. The molecular weight excluding hydrogens is 654 g/mol. The van der Waals surface area contributed by atoms with Crippen LogP contribution in [-0.4, -0.2) is 83.2 Å². The minimum Gasteiger partial charge on any atom is -0.465 e. The molecule has 1 heterocycles. The van der Waals surface area contributed by atoms with Crippen molar-refractivity contribution in [2.45, 2.75) is 85.2 Å². The van der Waals surface area contributed by atoms with Crippen LogP contribution in [-0.2, 0) is 24.2 Å². The van der Waals surface area contributed by atoms with Gasteiger partial charge in [-0.3, -0.25) is 29.5 Å². The Morgan fingerprint density at radius 1 is 0.898 bits per heavy atom. The van der Waals surface area contributed by atoms with Crippen LogP contribution in [0.4, 0.5) is 26.1 Å². The van der Waals surface area contributed by atoms with Crippen molar-refractivity contribution in [2.75, 3.05) is 17.7 Å². The lowest BCUT2D eigenvalue weighted by Gasteiger charge is -2.48. The van der Waals surface area contributed by atoms with Gasteiger partial charge in [0.15, 0.2) is 11.4 Å². The monoisotopic (exact) mass is 697 g/mol. The molecule has 3 rings (SSSR count). The summed E-state index contributed by atoms with van der Waals surface area (Å²) in [7, 11) is 1.61. The first-order chi connectivity index (χ1) is 22.7. The van der Waals surface area contributed by atoms with Gasteiger partial charge in [-0.25, -0.2) is 14.6 Å². The minimum atomic E-state index is -1.28. The topological polar surface area (TPSA) is 199 Å². The number of carbonyl (C=O) groups is 4. The van der Waals surface area contributed by atoms with Crippen molar-refractivity contribution >= 4 is 51.8 Å². The highest BCUT2D eigenvalue weighted by atomic mass is 32.1. The molecule has 0 unspecified atom stereocenters. The highest BCUT2D eigenvalue weighted by molar-refractivity contribution is 7.15. The average molecular weight is 698 g/mol. The molecular formula is C33H43N7O8S. The van der Waals surface area contributed by atoms with E-state index in [2.05, 4.69) is 15.6 Å². The van der Waals surface area contributed by atoms with Crippen LogP contribution < -0.4 is 10.6 Å². The summed E-state index contributed by atoms with van der Waals surface area (Å²) in [5.74, 6) is -0.623. The predicted octanol–water partition coefficient (Wildman–Crippen LogP) is 6.32. The van der Waals surface area contributed by atoms with E-state index in [0.717, 1.165) is 20.2 Å². The van der Waals surface area contributed by atoms with Crippen LogP contribution in [0.2, 0.25) is 0 Å². The van der Waals surface area contributed by atoms with Crippen molar-refractivity contribution in [1.82, 2.24) is 19.7 Å². The maximum atomic E-state index is 13.1. The van der Waals surface area contributed by atoms with Crippen LogP contribution in [0.25, 0.3) is 0 Å². The third-order valence-corrected chi connectivity index (χ3v) is 8.36. The van der Waals surface area contributed by atoms with E-state index in [4.69, 9.17) is 0 Å². The van der Waals surface area contributed by atoms with Gasteiger partial charge in [0.05, 0.1) is 17.2 Å². The van der Waals surface area contributed by atoms with Crippen LogP contribution >= 0.6 is 11.3 Å². The van der Waals surface area contributed by atoms with E-state index in [1.54, 1.807) is 60.7 Å². The number of nitro groups is 1. The first-order valence-corrected chi connectivity index (χ1v) is 16.2. The molecule has 0 fully saturated rings. The number of nitrogens with one attached hydrogen (secondary N) is 2. The Hall–Kier alpha value is -5.25. The lowest BCUT2D eigenvalue weighted by molar-refractivity contribution is -0.384. The van der Waals surface area contributed by atoms with E-state index in [9.17, 15) is 39.5 Å². The first-order valence-electron chi connectivity index (χ1n) is 15.3. The number of carbonyl (C=O) groups excluding carboxylic acids is 2. The zero-order chi connectivity index (χ0) is 36.8. The van der Waals surface area contributed by atoms with Crippen LogP contribution in [0, 0.1) is 10.1 Å². The quantitative estimate of drug-likeness (QED) is 0.0944. The number of carboxylic acid groups (broad SMARTS) is 2. The minimum absolute atomic E-state index is 0.119. The van der Waals surface area contributed by atoms with E-state index < -0.39 is 34.5 Å². The molecule has 1 aromatic heterocycles. The van der Waals surface area contributed by atoms with Crippen LogP contribution in [0.5, 0.6) is 0 Å². The second-order valence-electron chi connectivity index (χ2n) is 13.4. The summed E-state index contributed by atoms with van der Waals surface area (Å²) >= 11 is 1.25. The van der Waals surface area contributed by atoms with E-state index in [1.807, 2.05) is 12.1 Å². The summed E-state index contributed by atoms with van der Waals surface area (Å²) in [5, 5.41) is 37.4. The van der Waals surface area contributed by atoms with Gasteiger partial charge >= 0.3 is 12.2 Å². The average Bonchev–Trinajstić information content (AvgIpc) is 3.34. The SMILES string of the molecule is CC(=O)Nc1nc(CCc2ccc(NC(N(C(=O)O)C(C)(C)C)N(C(=O)O)C(C)(C)C)cc2)c(CN(C)C(=O)c2ccc([N+](=O)[O-])cc2)s1. The molecule has 4 N–H and O–H groups in total. The summed E-state index contributed by atoms with van der Waals surface area (Å²) in [6.07, 6.45) is -2.80. The molecule has 264 valence electrons. The van der Waals surface area contributed by atoms with Gasteiger partial charge in [-0.2, -0.15) is 0 Å². The highest BCUT2D eigenvalue weighted by Gasteiger charge is 2.43. The van der Waals surface area contributed by atoms with Crippen molar-refractivity contribution in [3.8, 4) is 0 Å². The molecule has 0 aliphatic rings. The lowest BCUT2D eigenvalue weighted by atomic mass is 10.0. The maximum absolute atomic E-state index is 13.1. The Kier molecular flexibility index (Phi) is 11.9. The predicted molar refractivity (Wildman–Crippen MR) is 186 cm³/mol. The molecule has 0 radical (unpaired) electrons. The number of hydrogen-bond donors (Lipinski definition) is 4. The Bertz CT molecular complexity index is 1650. The Morgan fingerprint density at radius 2 is 1.43 bits per heavy atom. The molecule has 0 bridgehead atoms. The molecule has 0 spiro atoms. The molecule has 15 nitrogen and oxygen atoms in total. The fraction of sp³-hybridized carbons (Fsp3) is 0.424. The summed E-state index contributed by atoms with van der Waals surface area (Å²) < 4.78 is 0. The Labute approximate surface area is 288 Å². The third kappa shape index (κ3) is 10.1. The second kappa shape index (κ2) is 15.3. The summed E-state index contributed by atoms with van der Waals surface area (Å²) in [4.78, 5) is 69.0. The van der Waals surface area contributed by atoms with Crippen LogP contribution in [0.3, 0.4) is 0 Å². The molecule has 0 atom stereocenters. The van der Waals surface area contributed by atoms with Crippen LogP contribution in [0.15, 0.2) is 48.5 Å². The number of nitrogens with zero attached hydrogens (tertiary/aromatic N) is 5. The van der Waals surface area contributed by atoms with Gasteiger partial charge in [-0.05, 0) is 84.2 Å². The number of aryl methyl sites for hydroxylation is 2. The molecule has 2 aromatic carbocycles. The van der Waals surface area contributed by atoms with Crippen molar-refractivity contribution in [3.63, 3.8) is 0 Å². The van der Waals surface area contributed by atoms with Gasteiger partial charge in [-0.15, -0.1) is 0 Å². The van der Waals surface area contributed by atoms with Gasteiger partial charge in [0.2, 0.25) is 5.91 Å². The normalized spacial score (nSPS) is 11.5. The summed E-state index contributed by atoms with van der Waals surface area (Å²) in [5.41, 5.74) is 0.396. The van der Waals surface area contributed by atoms with Crippen molar-refractivity contribution in [2.24, 2.45) is 0 Å². The van der Waals surface area contributed by atoms with Gasteiger partial charge in [0.25, 0.3) is 11.6 Å². The molecule has 0 saturated carbocycles. The molecule has 16 heteroatoms. The molecule has 0 saturated heterocycles.